The van der Waals surface area contributed by atoms with Crippen LogP contribution < -0.4 is 4.90 Å². The van der Waals surface area contributed by atoms with Gasteiger partial charge in [-0.3, -0.25) is 4.79 Å². The van der Waals surface area contributed by atoms with Crippen molar-refractivity contribution in [2.24, 2.45) is 0 Å². The van der Waals surface area contributed by atoms with E-state index in [-0.39, 0.29) is 5.78 Å². The molecule has 0 spiro atoms. The van der Waals surface area contributed by atoms with Gasteiger partial charge in [0.15, 0.2) is 0 Å². The van der Waals surface area contributed by atoms with Crippen molar-refractivity contribution < 1.29 is 9.53 Å². The third kappa shape index (κ3) is 3.07. The van der Waals surface area contributed by atoms with E-state index in [1.54, 1.807) is 6.92 Å². The molecule has 1 aromatic carbocycles. The fourth-order valence-corrected chi connectivity index (χ4v) is 2.24. The zero-order valence-corrected chi connectivity index (χ0v) is 10.5. The van der Waals surface area contributed by atoms with Crippen LogP contribution in [0.4, 0.5) is 5.69 Å². The summed E-state index contributed by atoms with van der Waals surface area (Å²) in [5, 5.41) is 0. The molecule has 1 aliphatic rings. The van der Waals surface area contributed by atoms with Gasteiger partial charge in [0.1, 0.15) is 5.78 Å². The monoisotopic (exact) mass is 233 g/mol. The van der Waals surface area contributed by atoms with Crippen LogP contribution in [0.2, 0.25) is 0 Å². The first-order valence-corrected chi connectivity index (χ1v) is 6.08. The van der Waals surface area contributed by atoms with Crippen molar-refractivity contribution in [1.29, 1.82) is 0 Å². The van der Waals surface area contributed by atoms with Gasteiger partial charge < -0.3 is 9.64 Å². The van der Waals surface area contributed by atoms with Gasteiger partial charge in [0.2, 0.25) is 0 Å². The highest BCUT2D eigenvalue weighted by atomic mass is 16.5. The first-order chi connectivity index (χ1) is 8.16. The average molecular weight is 233 g/mol. The normalized spacial score (nSPS) is 16.0. The van der Waals surface area contributed by atoms with Crippen molar-refractivity contribution >= 4 is 11.5 Å². The predicted molar refractivity (Wildman–Crippen MR) is 68.6 cm³/mol. The molecule has 3 heteroatoms. The van der Waals surface area contributed by atoms with Crippen molar-refractivity contribution in [2.75, 3.05) is 31.2 Å². The number of hydrogen-bond donors (Lipinski definition) is 0. The number of anilines is 1. The van der Waals surface area contributed by atoms with E-state index in [1.807, 2.05) is 0 Å². The van der Waals surface area contributed by atoms with Gasteiger partial charge in [-0.2, -0.15) is 0 Å². The summed E-state index contributed by atoms with van der Waals surface area (Å²) in [5.74, 6) is 0.213. The van der Waals surface area contributed by atoms with Crippen LogP contribution in [0.15, 0.2) is 18.2 Å². The largest absolute Gasteiger partial charge is 0.378 e. The minimum atomic E-state index is 0.213. The minimum absolute atomic E-state index is 0.213. The number of morpholine rings is 1. The minimum Gasteiger partial charge on any atom is -0.378 e. The first kappa shape index (κ1) is 12.1. The molecular formula is C14H19NO2. The predicted octanol–water partition coefficient (Wildman–Crippen LogP) is 1.96. The fourth-order valence-electron chi connectivity index (χ4n) is 2.24. The quantitative estimate of drug-likeness (QED) is 0.799. The van der Waals surface area contributed by atoms with Crippen molar-refractivity contribution in [3.05, 3.63) is 29.3 Å². The SMILES string of the molecule is CC(=O)Cc1cc(C)ccc1N1CCOCC1. The molecule has 2 rings (SSSR count). The lowest BCUT2D eigenvalue weighted by Gasteiger charge is -2.30. The molecule has 3 nitrogen and oxygen atoms in total. The summed E-state index contributed by atoms with van der Waals surface area (Å²) in [4.78, 5) is 13.6. The highest BCUT2D eigenvalue weighted by Crippen LogP contribution is 2.23. The molecule has 0 bridgehead atoms. The molecule has 1 heterocycles. The summed E-state index contributed by atoms with van der Waals surface area (Å²) in [6, 6.07) is 6.35. The standard InChI is InChI=1S/C14H19NO2/c1-11-3-4-14(13(9-11)10-12(2)16)15-5-7-17-8-6-15/h3-4,9H,5-8,10H2,1-2H3. The van der Waals surface area contributed by atoms with Gasteiger partial charge in [-0.25, -0.2) is 0 Å². The smallest absolute Gasteiger partial charge is 0.134 e. The van der Waals surface area contributed by atoms with Gasteiger partial charge in [-0.15, -0.1) is 0 Å². The van der Waals surface area contributed by atoms with Gasteiger partial charge in [0.25, 0.3) is 0 Å². The lowest BCUT2D eigenvalue weighted by atomic mass is 10.0. The summed E-state index contributed by atoms with van der Waals surface area (Å²) in [6.45, 7) is 7.07. The van der Waals surface area contributed by atoms with Crippen LogP contribution in [-0.2, 0) is 16.0 Å². The Bertz CT molecular complexity index is 409. The molecule has 0 aliphatic carbocycles. The molecule has 17 heavy (non-hydrogen) atoms. The maximum Gasteiger partial charge on any atom is 0.134 e. The lowest BCUT2D eigenvalue weighted by Crippen LogP contribution is -2.36. The summed E-state index contributed by atoms with van der Waals surface area (Å²) in [5.41, 5.74) is 3.53. The molecule has 0 unspecified atom stereocenters. The van der Waals surface area contributed by atoms with E-state index in [0.717, 1.165) is 31.9 Å². The number of aryl methyl sites for hydroxylation is 1. The number of rotatable bonds is 3. The summed E-state index contributed by atoms with van der Waals surface area (Å²) < 4.78 is 5.36. The summed E-state index contributed by atoms with van der Waals surface area (Å²) >= 11 is 0. The van der Waals surface area contributed by atoms with Crippen LogP contribution in [0.3, 0.4) is 0 Å². The molecule has 1 fully saturated rings. The van der Waals surface area contributed by atoms with Gasteiger partial charge in [0, 0.05) is 25.2 Å². The van der Waals surface area contributed by atoms with Crippen molar-refractivity contribution in [3.63, 3.8) is 0 Å². The summed E-state index contributed by atoms with van der Waals surface area (Å²) in [6.07, 6.45) is 0.522. The Hall–Kier alpha value is -1.35. The maximum atomic E-state index is 11.3. The van der Waals surface area contributed by atoms with Crippen LogP contribution in [0, 0.1) is 6.92 Å². The second-order valence-electron chi connectivity index (χ2n) is 4.61. The molecule has 0 aromatic heterocycles. The Balaban J connectivity index is 2.27. The fraction of sp³-hybridized carbons (Fsp3) is 0.500. The third-order valence-electron chi connectivity index (χ3n) is 3.03. The number of carbonyl (C=O) groups is 1. The maximum absolute atomic E-state index is 11.3. The lowest BCUT2D eigenvalue weighted by molar-refractivity contribution is -0.116. The van der Waals surface area contributed by atoms with E-state index in [2.05, 4.69) is 30.0 Å². The van der Waals surface area contributed by atoms with Crippen molar-refractivity contribution in [3.8, 4) is 0 Å². The molecule has 1 aromatic rings. The molecular weight excluding hydrogens is 214 g/mol. The zero-order chi connectivity index (χ0) is 12.3. The Morgan fingerprint density at radius 1 is 1.35 bits per heavy atom. The number of nitrogens with zero attached hydrogens (tertiary/aromatic N) is 1. The number of Topliss-reactive ketones (excluding diaryl/α,β-unsaturated/α-hetero) is 1. The summed E-state index contributed by atoms with van der Waals surface area (Å²) in [7, 11) is 0. The van der Waals surface area contributed by atoms with Gasteiger partial charge in [-0.05, 0) is 25.5 Å². The molecule has 92 valence electrons. The van der Waals surface area contributed by atoms with Crippen LogP contribution in [-0.4, -0.2) is 32.1 Å². The molecule has 0 radical (unpaired) electrons. The van der Waals surface area contributed by atoms with E-state index in [1.165, 1.54) is 11.3 Å². The van der Waals surface area contributed by atoms with E-state index < -0.39 is 0 Å². The highest BCUT2D eigenvalue weighted by molar-refractivity contribution is 5.80. The number of carbonyl (C=O) groups excluding carboxylic acids is 1. The molecule has 1 saturated heterocycles. The Kier molecular flexibility index (Phi) is 3.79. The number of hydrogen-bond acceptors (Lipinski definition) is 3. The van der Waals surface area contributed by atoms with Crippen LogP contribution in [0.5, 0.6) is 0 Å². The van der Waals surface area contributed by atoms with Crippen LogP contribution in [0.1, 0.15) is 18.1 Å². The van der Waals surface area contributed by atoms with Gasteiger partial charge in [-0.1, -0.05) is 17.7 Å². The molecule has 0 atom stereocenters. The third-order valence-corrected chi connectivity index (χ3v) is 3.03. The van der Waals surface area contributed by atoms with E-state index in [0.29, 0.717) is 6.42 Å². The van der Waals surface area contributed by atoms with Crippen LogP contribution >= 0.6 is 0 Å². The van der Waals surface area contributed by atoms with Crippen molar-refractivity contribution in [1.82, 2.24) is 0 Å². The molecule has 1 aliphatic heterocycles. The zero-order valence-electron chi connectivity index (χ0n) is 10.5. The average Bonchev–Trinajstić information content (AvgIpc) is 2.29. The molecule has 0 N–H and O–H groups in total. The number of ketones is 1. The highest BCUT2D eigenvalue weighted by Gasteiger charge is 2.15. The van der Waals surface area contributed by atoms with Crippen LogP contribution in [0.25, 0.3) is 0 Å². The first-order valence-electron chi connectivity index (χ1n) is 6.08. The Morgan fingerprint density at radius 3 is 2.71 bits per heavy atom. The second kappa shape index (κ2) is 5.32. The molecule has 0 saturated carbocycles. The Morgan fingerprint density at radius 2 is 2.06 bits per heavy atom. The van der Waals surface area contributed by atoms with E-state index in [9.17, 15) is 4.79 Å². The Labute approximate surface area is 102 Å². The number of ether oxygens (including phenoxy) is 1. The number of benzene rings is 1. The van der Waals surface area contributed by atoms with E-state index >= 15 is 0 Å². The molecule has 0 amide bonds. The topological polar surface area (TPSA) is 29.5 Å². The van der Waals surface area contributed by atoms with Crippen molar-refractivity contribution in [2.45, 2.75) is 20.3 Å². The van der Waals surface area contributed by atoms with Gasteiger partial charge >= 0.3 is 0 Å². The van der Waals surface area contributed by atoms with Gasteiger partial charge in [0.05, 0.1) is 13.2 Å². The second-order valence-corrected chi connectivity index (χ2v) is 4.61. The van der Waals surface area contributed by atoms with E-state index in [4.69, 9.17) is 4.74 Å².